The predicted molar refractivity (Wildman–Crippen MR) is 124 cm³/mol. The van der Waals surface area contributed by atoms with Crippen LogP contribution in [0.5, 0.6) is 0 Å². The first-order valence-electron chi connectivity index (χ1n) is 11.2. The van der Waals surface area contributed by atoms with Crippen LogP contribution in [-0.4, -0.2) is 67.1 Å². The van der Waals surface area contributed by atoms with E-state index in [0.717, 1.165) is 11.1 Å². The molecule has 0 atom stereocenters. The molecular formula is C23H27FN8O2. The van der Waals surface area contributed by atoms with Crippen molar-refractivity contribution in [1.29, 1.82) is 0 Å². The van der Waals surface area contributed by atoms with Crippen LogP contribution in [0.25, 0.3) is 11.5 Å². The summed E-state index contributed by atoms with van der Waals surface area (Å²) in [6, 6.07) is 7.91. The third-order valence-corrected chi connectivity index (χ3v) is 5.82. The van der Waals surface area contributed by atoms with Gasteiger partial charge in [-0.15, -0.1) is 5.10 Å². The van der Waals surface area contributed by atoms with Gasteiger partial charge < -0.3 is 15.1 Å². The van der Waals surface area contributed by atoms with Crippen LogP contribution in [0.1, 0.15) is 48.3 Å². The Hall–Kier alpha value is -3.89. The number of benzene rings is 1. The number of pyridine rings is 1. The molecule has 1 aliphatic heterocycles. The molecule has 0 aliphatic carbocycles. The van der Waals surface area contributed by atoms with Gasteiger partial charge in [0.15, 0.2) is 0 Å². The first-order valence-corrected chi connectivity index (χ1v) is 11.2. The molecule has 4 rings (SSSR count). The van der Waals surface area contributed by atoms with Gasteiger partial charge in [0.25, 0.3) is 5.91 Å². The molecule has 0 radical (unpaired) electrons. The minimum atomic E-state index is -0.623. The van der Waals surface area contributed by atoms with Crippen molar-refractivity contribution >= 4 is 17.8 Å². The van der Waals surface area contributed by atoms with E-state index in [0.29, 0.717) is 37.6 Å². The van der Waals surface area contributed by atoms with Crippen LogP contribution >= 0.6 is 0 Å². The Kier molecular flexibility index (Phi) is 6.53. The third kappa shape index (κ3) is 4.59. The van der Waals surface area contributed by atoms with E-state index in [1.807, 2.05) is 20.8 Å². The molecule has 1 N–H and O–H groups in total. The van der Waals surface area contributed by atoms with Crippen molar-refractivity contribution in [2.24, 2.45) is 0 Å². The number of nitrogens with zero attached hydrogens (tertiary/aromatic N) is 7. The van der Waals surface area contributed by atoms with Crippen LogP contribution in [0, 0.1) is 5.82 Å². The van der Waals surface area contributed by atoms with E-state index in [2.05, 4.69) is 25.8 Å². The zero-order valence-electron chi connectivity index (χ0n) is 19.6. The lowest BCUT2D eigenvalue weighted by molar-refractivity contribution is 0.102. The van der Waals surface area contributed by atoms with Crippen molar-refractivity contribution in [3.8, 4) is 11.5 Å². The Bertz CT molecular complexity index is 1230. The van der Waals surface area contributed by atoms with Crippen LogP contribution in [0.2, 0.25) is 0 Å². The highest BCUT2D eigenvalue weighted by atomic mass is 19.1. The number of hydrogen-bond donors (Lipinski definition) is 1. The van der Waals surface area contributed by atoms with Gasteiger partial charge in [-0.3, -0.25) is 4.79 Å². The van der Waals surface area contributed by atoms with E-state index < -0.39 is 11.7 Å². The zero-order valence-corrected chi connectivity index (χ0v) is 19.6. The molecule has 0 fully saturated rings. The van der Waals surface area contributed by atoms with Gasteiger partial charge in [-0.1, -0.05) is 6.07 Å². The molecule has 10 nitrogen and oxygen atoms in total. The molecule has 2 aromatic heterocycles. The fourth-order valence-corrected chi connectivity index (χ4v) is 3.82. The number of nitrogens with one attached hydrogen (secondary N) is 1. The highest BCUT2D eigenvalue weighted by Gasteiger charge is 2.25. The van der Waals surface area contributed by atoms with Crippen LogP contribution in [0.15, 0.2) is 30.3 Å². The molecule has 1 aliphatic rings. The van der Waals surface area contributed by atoms with Crippen LogP contribution in [-0.2, 0) is 13.0 Å². The minimum Gasteiger partial charge on any atom is -0.328 e. The second-order valence-corrected chi connectivity index (χ2v) is 8.47. The Balaban J connectivity index is 1.56. The first kappa shape index (κ1) is 23.3. The molecule has 0 unspecified atom stereocenters. The summed E-state index contributed by atoms with van der Waals surface area (Å²) in [5.41, 5.74) is 1.94. The number of fused-ring (bicyclic) bond motifs is 1. The summed E-state index contributed by atoms with van der Waals surface area (Å²) < 4.78 is 16.4. The Labute approximate surface area is 196 Å². The molecule has 0 saturated carbocycles. The maximum atomic E-state index is 14.8. The quantitative estimate of drug-likeness (QED) is 0.619. The van der Waals surface area contributed by atoms with Crippen LogP contribution < -0.4 is 5.32 Å². The van der Waals surface area contributed by atoms with E-state index in [4.69, 9.17) is 0 Å². The average Bonchev–Trinajstić information content (AvgIpc) is 3.33. The highest BCUT2D eigenvalue weighted by molar-refractivity contribution is 6.04. The summed E-state index contributed by atoms with van der Waals surface area (Å²) in [6.45, 7) is 7.21. The van der Waals surface area contributed by atoms with Gasteiger partial charge in [0.05, 0.1) is 11.6 Å². The van der Waals surface area contributed by atoms with Gasteiger partial charge in [-0.05, 0) is 73.0 Å². The molecule has 3 heterocycles. The second kappa shape index (κ2) is 9.54. The van der Waals surface area contributed by atoms with Crippen molar-refractivity contribution in [3.05, 3.63) is 52.8 Å². The molecule has 0 saturated heterocycles. The van der Waals surface area contributed by atoms with E-state index >= 15 is 0 Å². The lowest BCUT2D eigenvalue weighted by atomic mass is 9.96. The standard InChI is InChI=1S/C23H27FN8O2/c1-5-30(4)23(34)31-10-9-15-12-18(24)17(11-16(15)13-31)22(33)26-20-8-6-7-19(25-20)21-27-28-29-32(21)14(2)3/h6-8,11-12,14H,5,9-10,13H2,1-4H3,(H,25,26,33). The Morgan fingerprint density at radius 2 is 2.03 bits per heavy atom. The number of amides is 3. The van der Waals surface area contributed by atoms with Crippen molar-refractivity contribution in [2.75, 3.05) is 25.5 Å². The molecule has 178 valence electrons. The molecule has 3 aromatic rings. The number of aromatic nitrogens is 5. The van der Waals surface area contributed by atoms with Gasteiger partial charge in [0.2, 0.25) is 5.82 Å². The number of tetrazole rings is 1. The average molecular weight is 467 g/mol. The summed E-state index contributed by atoms with van der Waals surface area (Å²) in [6.07, 6.45) is 0.533. The number of anilines is 1. The van der Waals surface area contributed by atoms with E-state index in [9.17, 15) is 14.0 Å². The fraction of sp³-hybridized carbons (Fsp3) is 0.391. The number of halogens is 1. The lowest BCUT2D eigenvalue weighted by Gasteiger charge is -2.32. The Morgan fingerprint density at radius 3 is 2.76 bits per heavy atom. The molecule has 34 heavy (non-hydrogen) atoms. The fourth-order valence-electron chi connectivity index (χ4n) is 3.82. The monoisotopic (exact) mass is 466 g/mol. The largest absolute Gasteiger partial charge is 0.328 e. The van der Waals surface area contributed by atoms with Gasteiger partial charge >= 0.3 is 6.03 Å². The summed E-state index contributed by atoms with van der Waals surface area (Å²) in [5, 5.41) is 14.3. The van der Waals surface area contributed by atoms with Crippen molar-refractivity contribution in [2.45, 2.75) is 39.8 Å². The number of rotatable bonds is 5. The number of carbonyl (C=O) groups excluding carboxylic acids is 2. The third-order valence-electron chi connectivity index (χ3n) is 5.82. The van der Waals surface area contributed by atoms with Crippen LogP contribution in [0.3, 0.4) is 0 Å². The maximum absolute atomic E-state index is 14.8. The summed E-state index contributed by atoms with van der Waals surface area (Å²) in [4.78, 5) is 33.2. The molecular weight excluding hydrogens is 439 g/mol. The Morgan fingerprint density at radius 1 is 1.24 bits per heavy atom. The van der Waals surface area contributed by atoms with Gasteiger partial charge in [-0.25, -0.2) is 18.9 Å². The van der Waals surface area contributed by atoms with E-state index in [1.54, 1.807) is 39.7 Å². The predicted octanol–water partition coefficient (Wildman–Crippen LogP) is 3.14. The number of hydrogen-bond acceptors (Lipinski definition) is 6. The SMILES string of the molecule is CCN(C)C(=O)N1CCc2cc(F)c(C(=O)Nc3cccc(-c4nnnn4C(C)C)n3)cc2C1. The number of carbonyl (C=O) groups is 2. The molecule has 3 amide bonds. The summed E-state index contributed by atoms with van der Waals surface area (Å²) >= 11 is 0. The van der Waals surface area contributed by atoms with Crippen LogP contribution in [0.4, 0.5) is 15.0 Å². The smallest absolute Gasteiger partial charge is 0.320 e. The van der Waals surface area contributed by atoms with E-state index in [-0.39, 0.29) is 23.5 Å². The molecule has 0 bridgehead atoms. The first-order chi connectivity index (χ1) is 16.3. The zero-order chi connectivity index (χ0) is 24.4. The molecule has 1 aromatic carbocycles. The van der Waals surface area contributed by atoms with Crippen molar-refractivity contribution < 1.29 is 14.0 Å². The molecule has 0 spiro atoms. The summed E-state index contributed by atoms with van der Waals surface area (Å²) in [7, 11) is 1.74. The maximum Gasteiger partial charge on any atom is 0.320 e. The topological polar surface area (TPSA) is 109 Å². The summed E-state index contributed by atoms with van der Waals surface area (Å²) in [5.74, 6) is -0.517. The van der Waals surface area contributed by atoms with E-state index in [1.165, 1.54) is 12.1 Å². The molecule has 11 heteroatoms. The van der Waals surface area contributed by atoms with Gasteiger partial charge in [0.1, 0.15) is 17.3 Å². The number of urea groups is 1. The van der Waals surface area contributed by atoms with Gasteiger partial charge in [0, 0.05) is 26.7 Å². The highest BCUT2D eigenvalue weighted by Crippen LogP contribution is 2.25. The minimum absolute atomic E-state index is 0.0261. The normalized spacial score (nSPS) is 13.1. The van der Waals surface area contributed by atoms with Crippen molar-refractivity contribution in [1.82, 2.24) is 35.0 Å². The van der Waals surface area contributed by atoms with Crippen molar-refractivity contribution in [3.63, 3.8) is 0 Å². The van der Waals surface area contributed by atoms with Gasteiger partial charge in [-0.2, -0.15) is 0 Å². The second-order valence-electron chi connectivity index (χ2n) is 8.47. The lowest BCUT2D eigenvalue weighted by Crippen LogP contribution is -2.43.